The van der Waals surface area contributed by atoms with Crippen LogP contribution in [0.1, 0.15) is 52.4 Å². The molecule has 6 nitrogen and oxygen atoms in total. The molecule has 0 aliphatic carbocycles. The van der Waals surface area contributed by atoms with Gasteiger partial charge in [0.05, 0.1) is 24.2 Å². The summed E-state index contributed by atoms with van der Waals surface area (Å²) in [5, 5.41) is 29.6. The smallest absolute Gasteiger partial charge is 0.303 e. The lowest BCUT2D eigenvalue weighted by molar-refractivity contribution is -0.215. The Kier molecular flexibility index (Phi) is 8.19. The van der Waals surface area contributed by atoms with Crippen LogP contribution in [0.3, 0.4) is 0 Å². The van der Waals surface area contributed by atoms with Gasteiger partial charge in [0, 0.05) is 19.4 Å². The lowest BCUT2D eigenvalue weighted by Gasteiger charge is -2.37. The highest BCUT2D eigenvalue weighted by Crippen LogP contribution is 2.30. The van der Waals surface area contributed by atoms with E-state index in [9.17, 15) is 15.0 Å². The molecule has 23 heavy (non-hydrogen) atoms. The number of unbranched alkanes of at least 4 members (excludes halogenated alkanes) is 2. The number of aliphatic carboxylic acids is 1. The molecule has 0 aromatic carbocycles. The Hall–Kier alpha value is -0.950. The SMILES string of the molecule is CCCCCC(C)(O)C=C[C@H]1O[C@H](OC)C[C@H](O)[C@@H]1CC(=O)O. The summed E-state index contributed by atoms with van der Waals surface area (Å²) in [4.78, 5) is 11.0. The zero-order chi connectivity index (χ0) is 17.5. The summed E-state index contributed by atoms with van der Waals surface area (Å²) in [6, 6.07) is 0. The Morgan fingerprint density at radius 2 is 2.13 bits per heavy atom. The maximum Gasteiger partial charge on any atom is 0.303 e. The van der Waals surface area contributed by atoms with Crippen LogP contribution in [-0.4, -0.2) is 52.5 Å². The second-order valence-corrected chi connectivity index (χ2v) is 6.50. The number of aliphatic hydroxyl groups is 2. The molecule has 0 radical (unpaired) electrons. The number of hydrogen-bond donors (Lipinski definition) is 3. The van der Waals surface area contributed by atoms with E-state index < -0.39 is 36.0 Å². The minimum absolute atomic E-state index is 0.190. The Morgan fingerprint density at radius 3 is 2.70 bits per heavy atom. The van der Waals surface area contributed by atoms with Gasteiger partial charge in [-0.05, 0) is 13.3 Å². The maximum absolute atomic E-state index is 11.0. The number of methoxy groups -OCH3 is 1. The van der Waals surface area contributed by atoms with E-state index in [0.717, 1.165) is 19.3 Å². The summed E-state index contributed by atoms with van der Waals surface area (Å²) in [5.41, 5.74) is -0.975. The lowest BCUT2D eigenvalue weighted by atomic mass is 9.86. The Labute approximate surface area is 138 Å². The number of hydrogen-bond acceptors (Lipinski definition) is 5. The van der Waals surface area contributed by atoms with Gasteiger partial charge in [-0.1, -0.05) is 38.3 Å². The minimum Gasteiger partial charge on any atom is -0.481 e. The van der Waals surface area contributed by atoms with Crippen LogP contribution < -0.4 is 0 Å². The summed E-state index contributed by atoms with van der Waals surface area (Å²) < 4.78 is 10.8. The number of carboxylic acid groups (broad SMARTS) is 1. The number of carbonyl (C=O) groups is 1. The summed E-state index contributed by atoms with van der Waals surface area (Å²) in [7, 11) is 1.48. The van der Waals surface area contributed by atoms with E-state index in [4.69, 9.17) is 14.6 Å². The number of aliphatic hydroxyl groups excluding tert-OH is 1. The highest BCUT2D eigenvalue weighted by Gasteiger charge is 2.38. The first-order valence-electron chi connectivity index (χ1n) is 8.29. The van der Waals surface area contributed by atoms with Crippen LogP contribution in [0.25, 0.3) is 0 Å². The van der Waals surface area contributed by atoms with Gasteiger partial charge in [-0.2, -0.15) is 0 Å². The molecule has 1 unspecified atom stereocenters. The van der Waals surface area contributed by atoms with Crippen LogP contribution in [0, 0.1) is 5.92 Å². The minimum atomic E-state index is -0.985. The van der Waals surface area contributed by atoms with Gasteiger partial charge in [0.15, 0.2) is 6.29 Å². The molecule has 1 rings (SSSR count). The molecule has 0 saturated carbocycles. The number of rotatable bonds is 9. The first-order valence-corrected chi connectivity index (χ1v) is 8.29. The molecule has 5 atom stereocenters. The van der Waals surface area contributed by atoms with Crippen molar-refractivity contribution in [3.63, 3.8) is 0 Å². The van der Waals surface area contributed by atoms with E-state index in [0.29, 0.717) is 6.42 Å². The van der Waals surface area contributed by atoms with Crippen LogP contribution in [-0.2, 0) is 14.3 Å². The fourth-order valence-corrected chi connectivity index (χ4v) is 2.83. The van der Waals surface area contributed by atoms with Crippen LogP contribution >= 0.6 is 0 Å². The summed E-state index contributed by atoms with van der Waals surface area (Å²) >= 11 is 0. The van der Waals surface area contributed by atoms with Crippen molar-refractivity contribution in [1.29, 1.82) is 0 Å². The van der Waals surface area contributed by atoms with Gasteiger partial charge < -0.3 is 24.8 Å². The fraction of sp³-hybridized carbons (Fsp3) is 0.824. The van der Waals surface area contributed by atoms with Gasteiger partial charge >= 0.3 is 5.97 Å². The van der Waals surface area contributed by atoms with Crippen molar-refractivity contribution < 1.29 is 29.6 Å². The van der Waals surface area contributed by atoms with Crippen LogP contribution in [0.15, 0.2) is 12.2 Å². The molecule has 1 heterocycles. The predicted octanol–water partition coefficient (Wildman–Crippen LogP) is 2.09. The third-order valence-electron chi connectivity index (χ3n) is 4.26. The number of ether oxygens (including phenoxy) is 2. The largest absolute Gasteiger partial charge is 0.481 e. The van der Waals surface area contributed by atoms with E-state index in [1.165, 1.54) is 7.11 Å². The lowest BCUT2D eigenvalue weighted by Crippen LogP contribution is -2.45. The van der Waals surface area contributed by atoms with Crippen molar-refractivity contribution in [2.24, 2.45) is 5.92 Å². The Balaban J connectivity index is 2.76. The second kappa shape index (κ2) is 9.37. The van der Waals surface area contributed by atoms with Crippen molar-refractivity contribution in [3.05, 3.63) is 12.2 Å². The van der Waals surface area contributed by atoms with Crippen molar-refractivity contribution in [1.82, 2.24) is 0 Å². The van der Waals surface area contributed by atoms with Gasteiger partial charge in [-0.15, -0.1) is 0 Å². The van der Waals surface area contributed by atoms with E-state index in [-0.39, 0.29) is 12.8 Å². The molecular formula is C17H30O6. The van der Waals surface area contributed by atoms with Crippen LogP contribution in [0.4, 0.5) is 0 Å². The fourth-order valence-electron chi connectivity index (χ4n) is 2.83. The van der Waals surface area contributed by atoms with Crippen molar-refractivity contribution >= 4 is 5.97 Å². The summed E-state index contributed by atoms with van der Waals surface area (Å²) in [6.45, 7) is 3.82. The van der Waals surface area contributed by atoms with E-state index in [1.54, 1.807) is 19.1 Å². The normalized spacial score (nSPS) is 31.2. The molecule has 0 amide bonds. The summed E-state index contributed by atoms with van der Waals surface area (Å²) in [6.07, 6.45) is 5.04. The molecule has 1 aliphatic heterocycles. The van der Waals surface area contributed by atoms with E-state index in [1.807, 2.05) is 0 Å². The third kappa shape index (κ3) is 6.99. The van der Waals surface area contributed by atoms with Crippen molar-refractivity contribution in [2.75, 3.05) is 7.11 Å². The maximum atomic E-state index is 11.0. The molecule has 0 spiro atoms. The van der Waals surface area contributed by atoms with Gasteiger partial charge in [0.1, 0.15) is 0 Å². The standard InChI is InChI=1S/C17H30O6/c1-4-5-6-8-17(2,21)9-7-14-12(10-15(19)20)13(18)11-16(22-3)23-14/h7,9,12-14,16,18,21H,4-6,8,10-11H2,1-3H3,(H,19,20)/t12-,13-,14+,16-,17?/m0/s1. The molecule has 0 aromatic rings. The zero-order valence-electron chi connectivity index (χ0n) is 14.3. The molecule has 1 saturated heterocycles. The molecule has 6 heteroatoms. The molecule has 3 N–H and O–H groups in total. The Bertz CT molecular complexity index is 393. The molecular weight excluding hydrogens is 300 g/mol. The molecule has 1 aliphatic rings. The first kappa shape index (κ1) is 20.1. The quantitative estimate of drug-likeness (QED) is 0.442. The molecule has 0 bridgehead atoms. The third-order valence-corrected chi connectivity index (χ3v) is 4.26. The van der Waals surface area contributed by atoms with Gasteiger partial charge in [0.25, 0.3) is 0 Å². The van der Waals surface area contributed by atoms with Crippen molar-refractivity contribution in [3.8, 4) is 0 Å². The van der Waals surface area contributed by atoms with Crippen LogP contribution in [0.5, 0.6) is 0 Å². The number of carboxylic acids is 1. The van der Waals surface area contributed by atoms with E-state index >= 15 is 0 Å². The van der Waals surface area contributed by atoms with Gasteiger partial charge in [-0.3, -0.25) is 4.79 Å². The zero-order valence-corrected chi connectivity index (χ0v) is 14.3. The van der Waals surface area contributed by atoms with Gasteiger partial charge in [-0.25, -0.2) is 0 Å². The van der Waals surface area contributed by atoms with E-state index in [2.05, 4.69) is 6.92 Å². The van der Waals surface area contributed by atoms with Crippen molar-refractivity contribution in [2.45, 2.75) is 76.5 Å². The second-order valence-electron chi connectivity index (χ2n) is 6.50. The van der Waals surface area contributed by atoms with Gasteiger partial charge in [0.2, 0.25) is 0 Å². The highest BCUT2D eigenvalue weighted by molar-refractivity contribution is 5.67. The first-order chi connectivity index (χ1) is 10.8. The molecule has 0 aromatic heterocycles. The predicted molar refractivity (Wildman–Crippen MR) is 85.9 cm³/mol. The highest BCUT2D eigenvalue weighted by atomic mass is 16.7. The molecule has 134 valence electrons. The average Bonchev–Trinajstić information content (AvgIpc) is 2.47. The monoisotopic (exact) mass is 330 g/mol. The average molecular weight is 330 g/mol. The molecule has 1 fully saturated rings. The topological polar surface area (TPSA) is 96.2 Å². The Morgan fingerprint density at radius 1 is 1.43 bits per heavy atom. The summed E-state index contributed by atoms with van der Waals surface area (Å²) in [5.74, 6) is -1.54. The van der Waals surface area contributed by atoms with Crippen LogP contribution in [0.2, 0.25) is 0 Å².